The van der Waals surface area contributed by atoms with Crippen molar-refractivity contribution in [1.82, 2.24) is 19.7 Å². The van der Waals surface area contributed by atoms with Crippen LogP contribution in [0.4, 0.5) is 5.69 Å². The molecule has 0 aliphatic rings. The number of aromatic nitrogens is 4. The number of nitrogens with zero attached hydrogens (tertiary/aromatic N) is 4. The summed E-state index contributed by atoms with van der Waals surface area (Å²) >= 11 is 5.65. The summed E-state index contributed by atoms with van der Waals surface area (Å²) in [7, 11) is 0. The molecule has 0 aliphatic heterocycles. The second-order valence-corrected chi connectivity index (χ2v) is 7.56. The van der Waals surface area contributed by atoms with Gasteiger partial charge in [-0.3, -0.25) is 9.97 Å². The van der Waals surface area contributed by atoms with Crippen molar-refractivity contribution in [2.75, 3.05) is 5.32 Å². The molecular formula is C25H19N5NaS+. The van der Waals surface area contributed by atoms with Gasteiger partial charge < -0.3 is 5.32 Å². The largest absolute Gasteiger partial charge is 1.00 e. The van der Waals surface area contributed by atoms with E-state index in [1.54, 1.807) is 4.68 Å². The van der Waals surface area contributed by atoms with Crippen LogP contribution in [0, 0.1) is 6.92 Å². The topological polar surface area (TPSA) is 55.6 Å². The summed E-state index contributed by atoms with van der Waals surface area (Å²) in [4.78, 5) is 9.21. The molecule has 5 nitrogen and oxygen atoms in total. The maximum atomic E-state index is 5.65. The van der Waals surface area contributed by atoms with Crippen molar-refractivity contribution in [2.24, 2.45) is 0 Å². The Morgan fingerprint density at radius 2 is 1.66 bits per heavy atom. The molecule has 0 bridgehead atoms. The number of thiocarbonyl (C=S) groups is 1. The smallest absolute Gasteiger partial charge is 0.331 e. The molecule has 0 unspecified atom stereocenters. The van der Waals surface area contributed by atoms with Gasteiger partial charge in [0.2, 0.25) is 0 Å². The average molecular weight is 445 g/mol. The second-order valence-electron chi connectivity index (χ2n) is 7.17. The molecule has 0 atom stereocenters. The van der Waals surface area contributed by atoms with Crippen molar-refractivity contribution in [3.8, 4) is 22.5 Å². The van der Waals surface area contributed by atoms with Gasteiger partial charge in [0.25, 0.3) is 0 Å². The van der Waals surface area contributed by atoms with Gasteiger partial charge in [-0.05, 0) is 61.1 Å². The molecule has 3 heterocycles. The first kappa shape index (κ1) is 22.3. The van der Waals surface area contributed by atoms with E-state index in [-0.39, 0.29) is 29.6 Å². The Hall–Kier alpha value is -2.90. The minimum absolute atomic E-state index is 0. The molecule has 5 rings (SSSR count). The Morgan fingerprint density at radius 3 is 2.47 bits per heavy atom. The third-order valence-corrected chi connectivity index (χ3v) is 5.31. The van der Waals surface area contributed by atoms with Crippen molar-refractivity contribution >= 4 is 33.9 Å². The van der Waals surface area contributed by atoms with Crippen molar-refractivity contribution in [1.29, 1.82) is 0 Å². The van der Waals surface area contributed by atoms with Gasteiger partial charge in [0, 0.05) is 34.7 Å². The van der Waals surface area contributed by atoms with Crippen LogP contribution >= 0.6 is 12.2 Å². The number of anilines is 1. The monoisotopic (exact) mass is 444 g/mol. The fraction of sp³-hybridized carbons (Fsp3) is 0.0400. The van der Waals surface area contributed by atoms with Crippen molar-refractivity contribution in [3.05, 3.63) is 97.0 Å². The van der Waals surface area contributed by atoms with Crippen molar-refractivity contribution in [3.63, 3.8) is 0 Å². The van der Waals surface area contributed by atoms with Gasteiger partial charge in [-0.15, -0.1) is 0 Å². The molecule has 32 heavy (non-hydrogen) atoms. The molecule has 1 N–H and O–H groups in total. The van der Waals surface area contributed by atoms with E-state index < -0.39 is 0 Å². The number of pyridine rings is 2. The predicted octanol–water partition coefficient (Wildman–Crippen LogP) is 2.72. The van der Waals surface area contributed by atoms with Crippen molar-refractivity contribution in [2.45, 2.75) is 6.92 Å². The molecule has 0 amide bonds. The molecule has 0 saturated carbocycles. The third-order valence-electron chi connectivity index (χ3n) is 5.02. The Labute approximate surface area is 213 Å². The minimum atomic E-state index is 0. The first-order valence-corrected chi connectivity index (χ1v) is 10.3. The first-order valence-electron chi connectivity index (χ1n) is 9.93. The van der Waals surface area contributed by atoms with Crippen molar-refractivity contribution < 1.29 is 29.6 Å². The molecule has 150 valence electrons. The molecule has 0 fully saturated rings. The van der Waals surface area contributed by atoms with Crippen LogP contribution in [0.3, 0.4) is 0 Å². The maximum absolute atomic E-state index is 5.65. The van der Waals surface area contributed by atoms with E-state index in [0.29, 0.717) is 5.11 Å². The molecule has 7 heteroatoms. The van der Waals surface area contributed by atoms with Crippen LogP contribution in [0.5, 0.6) is 0 Å². The van der Waals surface area contributed by atoms with E-state index in [4.69, 9.17) is 22.3 Å². The third kappa shape index (κ3) is 4.49. The second kappa shape index (κ2) is 9.71. The number of hydrogen-bond donors (Lipinski definition) is 1. The summed E-state index contributed by atoms with van der Waals surface area (Å²) in [5, 5.41) is 9.63. The van der Waals surface area contributed by atoms with E-state index in [1.165, 1.54) is 0 Å². The molecule has 0 saturated heterocycles. The molecule has 0 spiro atoms. The fourth-order valence-electron chi connectivity index (χ4n) is 3.57. The molecule has 2 aromatic carbocycles. The molecule has 0 aliphatic carbocycles. The normalized spacial score (nSPS) is 10.5. The van der Waals surface area contributed by atoms with Gasteiger partial charge in [-0.2, -0.15) is 5.10 Å². The van der Waals surface area contributed by atoms with Gasteiger partial charge in [0.15, 0.2) is 5.11 Å². The number of hydrogen-bond acceptors (Lipinski definition) is 4. The molecule has 3 aromatic heterocycles. The van der Waals surface area contributed by atoms with Crippen LogP contribution < -0.4 is 34.9 Å². The summed E-state index contributed by atoms with van der Waals surface area (Å²) in [6, 6.07) is 25.9. The number of benzene rings is 2. The summed E-state index contributed by atoms with van der Waals surface area (Å²) in [6.45, 7) is 1.98. The van der Waals surface area contributed by atoms with Gasteiger partial charge in [-0.1, -0.05) is 42.5 Å². The zero-order valence-corrected chi connectivity index (χ0v) is 20.7. The quantitative estimate of drug-likeness (QED) is 0.343. The fourth-order valence-corrected chi connectivity index (χ4v) is 3.78. The van der Waals surface area contributed by atoms with Crippen LogP contribution in [-0.4, -0.2) is 24.9 Å². The Balaban J connectivity index is 0.00000245. The number of fused-ring (bicyclic) bond motifs is 1. The Morgan fingerprint density at radius 1 is 0.875 bits per heavy atom. The zero-order valence-electron chi connectivity index (χ0n) is 17.9. The molecular weight excluding hydrogens is 425 g/mol. The molecule has 5 aromatic rings. The minimum Gasteiger partial charge on any atom is -0.331 e. The van der Waals surface area contributed by atoms with E-state index in [9.17, 15) is 0 Å². The Kier molecular flexibility index (Phi) is 6.77. The van der Waals surface area contributed by atoms with E-state index in [0.717, 1.165) is 44.8 Å². The van der Waals surface area contributed by atoms with Crippen LogP contribution in [0.1, 0.15) is 5.69 Å². The summed E-state index contributed by atoms with van der Waals surface area (Å²) in [5.74, 6) is 0. The van der Waals surface area contributed by atoms with E-state index in [1.807, 2.05) is 92.1 Å². The standard InChI is InChI=1S/C25H19N5S.Na/c1-17-8-7-13-23(27-17)24-21(19-14-15-26-22-12-6-5-11-20(19)22)16-30(29-24)25(31)28-18-9-3-2-4-10-18;/h2-16H,1H3,(H,28,31);/q;+1. The molecule has 0 radical (unpaired) electrons. The van der Waals surface area contributed by atoms with Gasteiger partial charge >= 0.3 is 29.6 Å². The van der Waals surface area contributed by atoms with Crippen LogP contribution in [0.25, 0.3) is 33.4 Å². The average Bonchev–Trinajstić information content (AvgIpc) is 3.25. The van der Waals surface area contributed by atoms with Gasteiger partial charge in [0.05, 0.1) is 11.2 Å². The van der Waals surface area contributed by atoms with E-state index in [2.05, 4.69) is 16.4 Å². The SMILES string of the molecule is Cc1cccc(-c2nn(C(=S)Nc3ccccc3)cc2-c2ccnc3ccccc23)n1.[Na+]. The van der Waals surface area contributed by atoms with E-state index >= 15 is 0 Å². The maximum Gasteiger partial charge on any atom is 1.00 e. The van der Waals surface area contributed by atoms with Gasteiger partial charge in [0.1, 0.15) is 5.69 Å². The van der Waals surface area contributed by atoms with Crippen LogP contribution in [-0.2, 0) is 0 Å². The number of aryl methyl sites for hydroxylation is 1. The van der Waals surface area contributed by atoms with Crippen LogP contribution in [0.15, 0.2) is 91.3 Å². The number of nitrogens with one attached hydrogen (secondary N) is 1. The van der Waals surface area contributed by atoms with Crippen LogP contribution in [0.2, 0.25) is 0 Å². The first-order chi connectivity index (χ1) is 15.2. The summed E-state index contributed by atoms with van der Waals surface area (Å²) < 4.78 is 1.70. The Bertz CT molecular complexity index is 1390. The number of rotatable bonds is 3. The van der Waals surface area contributed by atoms with Gasteiger partial charge in [-0.25, -0.2) is 4.68 Å². The zero-order chi connectivity index (χ0) is 21.2. The predicted molar refractivity (Wildman–Crippen MR) is 129 cm³/mol. The summed E-state index contributed by atoms with van der Waals surface area (Å²) in [6.07, 6.45) is 3.78. The summed E-state index contributed by atoms with van der Waals surface area (Å²) in [5.41, 5.74) is 6.35. The number of para-hydroxylation sites is 2.